The topological polar surface area (TPSA) is 78.9 Å². The molecule has 1 atom stereocenters. The molecule has 6 nitrogen and oxygen atoms in total. The number of unbranched alkanes of at least 4 members (excludes halogenated alkanes) is 33. The molecule has 0 heterocycles. The Morgan fingerprint density at radius 2 is 0.591 bits per heavy atom. The van der Waals surface area contributed by atoms with Crippen molar-refractivity contribution >= 4 is 17.9 Å². The molecule has 0 aliphatic heterocycles. The van der Waals surface area contributed by atoms with Crippen molar-refractivity contribution in [2.24, 2.45) is 0 Å². The van der Waals surface area contributed by atoms with Gasteiger partial charge >= 0.3 is 17.9 Å². The first-order chi connectivity index (χ1) is 32.5. The van der Waals surface area contributed by atoms with Gasteiger partial charge in [0, 0.05) is 19.3 Å². The Balaban J connectivity index is 4.35. The monoisotopic (exact) mass is 925 g/mol. The van der Waals surface area contributed by atoms with Crippen LogP contribution in [0.5, 0.6) is 0 Å². The van der Waals surface area contributed by atoms with Gasteiger partial charge in [-0.25, -0.2) is 0 Å². The first-order valence-electron chi connectivity index (χ1n) is 28.6. The van der Waals surface area contributed by atoms with E-state index >= 15 is 0 Å². The molecule has 0 amide bonds. The summed E-state index contributed by atoms with van der Waals surface area (Å²) in [5.41, 5.74) is 0. The van der Waals surface area contributed by atoms with Gasteiger partial charge in [0.25, 0.3) is 0 Å². The fraction of sp³-hybridized carbons (Fsp3) is 0.817. The lowest BCUT2D eigenvalue weighted by molar-refractivity contribution is -0.167. The summed E-state index contributed by atoms with van der Waals surface area (Å²) in [5.74, 6) is -0.871. The van der Waals surface area contributed by atoms with E-state index < -0.39 is 6.10 Å². The molecule has 0 saturated heterocycles. The second-order valence-electron chi connectivity index (χ2n) is 19.2. The highest BCUT2D eigenvalue weighted by molar-refractivity contribution is 5.71. The molecule has 0 aromatic heterocycles. The second kappa shape index (κ2) is 55.0. The Kier molecular flexibility index (Phi) is 52.8. The Hall–Kier alpha value is -2.63. The van der Waals surface area contributed by atoms with Gasteiger partial charge in [0.2, 0.25) is 0 Å². The minimum absolute atomic E-state index is 0.0732. The smallest absolute Gasteiger partial charge is 0.306 e. The molecule has 0 aliphatic carbocycles. The summed E-state index contributed by atoms with van der Waals surface area (Å²) in [6.07, 6.45) is 66.7. The van der Waals surface area contributed by atoms with E-state index in [1.807, 2.05) is 0 Å². The fourth-order valence-electron chi connectivity index (χ4n) is 8.32. The van der Waals surface area contributed by atoms with Crippen LogP contribution in [0.1, 0.15) is 297 Å². The van der Waals surface area contributed by atoms with E-state index in [-0.39, 0.29) is 31.1 Å². The van der Waals surface area contributed by atoms with Crippen LogP contribution in [0.25, 0.3) is 0 Å². The van der Waals surface area contributed by atoms with Crippen molar-refractivity contribution in [1.82, 2.24) is 0 Å². The van der Waals surface area contributed by atoms with E-state index in [4.69, 9.17) is 14.2 Å². The van der Waals surface area contributed by atoms with Gasteiger partial charge in [0.05, 0.1) is 0 Å². The van der Waals surface area contributed by atoms with E-state index in [1.165, 1.54) is 167 Å². The van der Waals surface area contributed by atoms with E-state index in [2.05, 4.69) is 69.4 Å². The van der Waals surface area contributed by atoms with Crippen LogP contribution in [-0.2, 0) is 28.6 Å². The molecule has 0 aromatic rings. The van der Waals surface area contributed by atoms with E-state index in [0.717, 1.165) is 89.9 Å². The van der Waals surface area contributed by atoms with Gasteiger partial charge in [0.15, 0.2) is 6.10 Å². The zero-order chi connectivity index (χ0) is 47.9. The molecule has 0 aromatic carbocycles. The largest absolute Gasteiger partial charge is 0.462 e. The summed E-state index contributed by atoms with van der Waals surface area (Å²) < 4.78 is 16.9. The normalized spacial score (nSPS) is 12.3. The quantitative estimate of drug-likeness (QED) is 0.0262. The average molecular weight is 926 g/mol. The first kappa shape index (κ1) is 63.4. The maximum atomic E-state index is 12.8. The highest BCUT2D eigenvalue weighted by Crippen LogP contribution is 2.17. The third-order valence-electron chi connectivity index (χ3n) is 12.6. The summed E-state index contributed by atoms with van der Waals surface area (Å²) in [5, 5.41) is 0. The number of esters is 3. The summed E-state index contributed by atoms with van der Waals surface area (Å²) in [6, 6.07) is 0. The number of rotatable bonds is 52. The molecule has 6 heteroatoms. The third kappa shape index (κ3) is 52.3. The molecule has 0 radical (unpaired) electrons. The van der Waals surface area contributed by atoms with Crippen molar-refractivity contribution in [3.63, 3.8) is 0 Å². The molecular formula is C60H108O6. The Bertz CT molecular complexity index is 1150. The maximum absolute atomic E-state index is 12.8. The van der Waals surface area contributed by atoms with Crippen molar-refractivity contribution in [1.29, 1.82) is 0 Å². The Labute approximate surface area is 409 Å². The molecule has 0 aliphatic rings. The first-order valence-corrected chi connectivity index (χ1v) is 28.6. The lowest BCUT2D eigenvalue weighted by atomic mass is 10.0. The van der Waals surface area contributed by atoms with Gasteiger partial charge in [-0.05, 0) is 57.8 Å². The van der Waals surface area contributed by atoms with Gasteiger partial charge in [-0.15, -0.1) is 0 Å². The van der Waals surface area contributed by atoms with E-state index in [9.17, 15) is 14.4 Å². The van der Waals surface area contributed by atoms with Crippen LogP contribution in [0.15, 0.2) is 48.6 Å². The van der Waals surface area contributed by atoms with Crippen LogP contribution in [0.4, 0.5) is 0 Å². The van der Waals surface area contributed by atoms with Crippen molar-refractivity contribution in [3.05, 3.63) is 48.6 Å². The number of ether oxygens (including phenoxy) is 3. The molecule has 1 unspecified atom stereocenters. The Morgan fingerprint density at radius 3 is 0.924 bits per heavy atom. The van der Waals surface area contributed by atoms with Crippen LogP contribution in [0.3, 0.4) is 0 Å². The third-order valence-corrected chi connectivity index (χ3v) is 12.6. The van der Waals surface area contributed by atoms with Crippen molar-refractivity contribution < 1.29 is 28.6 Å². The predicted molar refractivity (Wildman–Crippen MR) is 284 cm³/mol. The minimum Gasteiger partial charge on any atom is -0.462 e. The number of carbonyl (C=O) groups is 3. The highest BCUT2D eigenvalue weighted by atomic mass is 16.6. The Morgan fingerprint density at radius 1 is 0.318 bits per heavy atom. The van der Waals surface area contributed by atoms with Crippen molar-refractivity contribution in [2.75, 3.05) is 13.2 Å². The molecule has 0 spiro atoms. The van der Waals surface area contributed by atoms with E-state index in [0.29, 0.717) is 19.3 Å². The lowest BCUT2D eigenvalue weighted by Gasteiger charge is -2.18. The predicted octanol–water partition coefficient (Wildman–Crippen LogP) is 19.0. The maximum Gasteiger partial charge on any atom is 0.306 e. The highest BCUT2D eigenvalue weighted by Gasteiger charge is 2.19. The number of hydrogen-bond acceptors (Lipinski definition) is 6. The summed E-state index contributed by atoms with van der Waals surface area (Å²) >= 11 is 0. The molecule has 0 N–H and O–H groups in total. The molecule has 66 heavy (non-hydrogen) atoms. The zero-order valence-electron chi connectivity index (χ0n) is 44.0. The molecule has 384 valence electrons. The van der Waals surface area contributed by atoms with E-state index in [1.54, 1.807) is 0 Å². The fourth-order valence-corrected chi connectivity index (χ4v) is 8.32. The lowest BCUT2D eigenvalue weighted by Crippen LogP contribution is -2.30. The summed E-state index contributed by atoms with van der Waals surface area (Å²) in [6.45, 7) is 6.55. The molecular weight excluding hydrogens is 817 g/mol. The van der Waals surface area contributed by atoms with Crippen LogP contribution in [-0.4, -0.2) is 37.2 Å². The average Bonchev–Trinajstić information content (AvgIpc) is 3.31. The zero-order valence-corrected chi connectivity index (χ0v) is 44.0. The van der Waals surface area contributed by atoms with Gasteiger partial charge in [-0.1, -0.05) is 268 Å². The number of carbonyl (C=O) groups excluding carboxylic acids is 3. The van der Waals surface area contributed by atoms with Gasteiger partial charge in [-0.2, -0.15) is 0 Å². The van der Waals surface area contributed by atoms with Gasteiger partial charge in [-0.3, -0.25) is 14.4 Å². The van der Waals surface area contributed by atoms with Crippen LogP contribution in [0, 0.1) is 0 Å². The molecule has 0 saturated carbocycles. The van der Waals surface area contributed by atoms with Crippen LogP contribution < -0.4 is 0 Å². The van der Waals surface area contributed by atoms with Gasteiger partial charge < -0.3 is 14.2 Å². The van der Waals surface area contributed by atoms with Gasteiger partial charge in [0.1, 0.15) is 13.2 Å². The van der Waals surface area contributed by atoms with Crippen molar-refractivity contribution in [2.45, 2.75) is 303 Å². The second-order valence-corrected chi connectivity index (χ2v) is 19.2. The number of hydrogen-bond donors (Lipinski definition) is 0. The number of allylic oxidation sites excluding steroid dienone is 8. The van der Waals surface area contributed by atoms with Crippen molar-refractivity contribution in [3.8, 4) is 0 Å². The molecule has 0 rings (SSSR count). The molecule has 0 bridgehead atoms. The SMILES string of the molecule is CC/C=C\C/C=C\C/C=C\C/C=C\CCCCCCCCC(=O)OCC(COC(=O)CCCCCCCCCCCCCCC)OC(=O)CCCCCCCCCCCCCCCCCC. The standard InChI is InChI=1S/C60H108O6/c1-4-7-10-13-16-19-22-25-27-29-30-31-33-35-38-41-44-47-50-53-59(62)65-56-57(55-64-58(61)52-49-46-43-40-37-34-24-21-18-15-12-9-6-3)66-60(63)54-51-48-45-42-39-36-32-28-26-23-20-17-14-11-8-5-2/h7,10,16,19,25,27,30-31,57H,4-6,8-9,11-15,17-18,20-24,26,28-29,32-56H2,1-3H3/b10-7-,19-16-,27-25-,31-30-. The minimum atomic E-state index is -0.775. The van der Waals surface area contributed by atoms with Crippen LogP contribution >= 0.6 is 0 Å². The van der Waals surface area contributed by atoms with Crippen LogP contribution in [0.2, 0.25) is 0 Å². The molecule has 0 fully saturated rings. The summed E-state index contributed by atoms with van der Waals surface area (Å²) in [4.78, 5) is 38.1. The summed E-state index contributed by atoms with van der Waals surface area (Å²) in [7, 11) is 0.